The van der Waals surface area contributed by atoms with E-state index in [1.165, 1.54) is 0 Å². The first-order chi connectivity index (χ1) is 11.1. The smallest absolute Gasteiger partial charge is 0.187 e. The van der Waals surface area contributed by atoms with Gasteiger partial charge >= 0.3 is 0 Å². The third kappa shape index (κ3) is 4.97. The third-order valence-electron chi connectivity index (χ3n) is 3.54. The van der Waals surface area contributed by atoms with E-state index in [1.54, 1.807) is 18.2 Å². The van der Waals surface area contributed by atoms with Crippen LogP contribution in [0.3, 0.4) is 0 Å². The minimum atomic E-state index is -0.0922. The summed E-state index contributed by atoms with van der Waals surface area (Å²) in [5.74, 6) is 0.735. The van der Waals surface area contributed by atoms with Gasteiger partial charge in [0.25, 0.3) is 0 Å². The van der Waals surface area contributed by atoms with E-state index in [2.05, 4.69) is 6.92 Å². The van der Waals surface area contributed by atoms with E-state index >= 15 is 0 Å². The van der Waals surface area contributed by atoms with Crippen LogP contribution in [0.1, 0.15) is 42.6 Å². The van der Waals surface area contributed by atoms with Gasteiger partial charge < -0.3 is 4.74 Å². The largest absolute Gasteiger partial charge is 0.494 e. The number of ether oxygens (including phenoxy) is 1. The molecular weight excluding hydrogens is 308 g/mol. The molecule has 23 heavy (non-hydrogen) atoms. The summed E-state index contributed by atoms with van der Waals surface area (Å²) in [5.41, 5.74) is 2.37. The summed E-state index contributed by atoms with van der Waals surface area (Å²) in [6, 6.07) is 14.9. The first-order valence-electron chi connectivity index (χ1n) is 7.82. The van der Waals surface area contributed by atoms with Gasteiger partial charge in [-0.15, -0.1) is 0 Å². The lowest BCUT2D eigenvalue weighted by atomic mass is 10.0. The zero-order chi connectivity index (χ0) is 16.7. The Morgan fingerprint density at radius 1 is 1.17 bits per heavy atom. The van der Waals surface area contributed by atoms with Gasteiger partial charge in [0.15, 0.2) is 5.78 Å². The fourth-order valence-corrected chi connectivity index (χ4v) is 2.41. The molecule has 0 radical (unpaired) electrons. The van der Waals surface area contributed by atoms with Crippen LogP contribution in [0.4, 0.5) is 0 Å². The molecule has 0 aliphatic heterocycles. The molecule has 0 spiro atoms. The molecule has 0 unspecified atom stereocenters. The molecule has 3 heteroatoms. The second-order valence-corrected chi connectivity index (χ2v) is 5.81. The fraction of sp³-hybridized carbons (Fsp3) is 0.250. The van der Waals surface area contributed by atoms with E-state index in [0.717, 1.165) is 29.7 Å². The third-order valence-corrected chi connectivity index (χ3v) is 3.87. The fourth-order valence-electron chi connectivity index (χ4n) is 2.18. The summed E-state index contributed by atoms with van der Waals surface area (Å²) in [6.45, 7) is 4.76. The molecule has 0 amide bonds. The quantitative estimate of drug-likeness (QED) is 0.364. The number of hydrogen-bond acceptors (Lipinski definition) is 2. The lowest BCUT2D eigenvalue weighted by molar-refractivity contribution is 0.104. The highest BCUT2D eigenvalue weighted by atomic mass is 35.5. The van der Waals surface area contributed by atoms with E-state index < -0.39 is 0 Å². The van der Waals surface area contributed by atoms with Crippen LogP contribution < -0.4 is 4.74 Å². The Morgan fingerprint density at radius 2 is 1.96 bits per heavy atom. The predicted octanol–water partition coefficient (Wildman–Crippen LogP) is 5.81. The molecule has 0 aliphatic rings. The van der Waals surface area contributed by atoms with Crippen molar-refractivity contribution in [1.82, 2.24) is 0 Å². The zero-order valence-electron chi connectivity index (χ0n) is 13.5. The molecule has 2 nitrogen and oxygen atoms in total. The molecule has 0 heterocycles. The van der Waals surface area contributed by atoms with Crippen molar-refractivity contribution in [3.05, 3.63) is 70.8 Å². The number of allylic oxidation sites excluding steroid dienone is 2. The predicted molar refractivity (Wildman–Crippen MR) is 96.3 cm³/mol. The van der Waals surface area contributed by atoms with Crippen LogP contribution in [-0.2, 0) is 0 Å². The lowest BCUT2D eigenvalue weighted by Gasteiger charge is -2.08. The van der Waals surface area contributed by atoms with Gasteiger partial charge in [0.2, 0.25) is 0 Å². The summed E-state index contributed by atoms with van der Waals surface area (Å²) in [7, 11) is 0. The van der Waals surface area contributed by atoms with Gasteiger partial charge in [-0.3, -0.25) is 4.79 Å². The van der Waals surface area contributed by atoms with Crippen molar-refractivity contribution in [3.63, 3.8) is 0 Å². The maximum Gasteiger partial charge on any atom is 0.187 e. The minimum Gasteiger partial charge on any atom is -0.494 e. The molecular formula is C20H21ClO2. The molecule has 0 bridgehead atoms. The van der Waals surface area contributed by atoms with Crippen molar-refractivity contribution in [2.45, 2.75) is 26.7 Å². The highest BCUT2D eigenvalue weighted by Crippen LogP contribution is 2.22. The summed E-state index contributed by atoms with van der Waals surface area (Å²) in [5, 5.41) is 0.471. The molecule has 120 valence electrons. The number of carbonyl (C=O) groups is 1. The summed E-state index contributed by atoms with van der Waals surface area (Å²) in [4.78, 5) is 12.4. The van der Waals surface area contributed by atoms with Gasteiger partial charge in [0.05, 0.1) is 11.6 Å². The summed E-state index contributed by atoms with van der Waals surface area (Å²) >= 11 is 6.07. The van der Waals surface area contributed by atoms with Gasteiger partial charge in [-0.2, -0.15) is 0 Å². The molecule has 2 rings (SSSR count). The number of halogens is 1. The van der Waals surface area contributed by atoms with E-state index in [9.17, 15) is 4.79 Å². The molecule has 0 aliphatic carbocycles. The first kappa shape index (κ1) is 17.3. The molecule has 0 saturated carbocycles. The maximum absolute atomic E-state index is 12.4. The van der Waals surface area contributed by atoms with Gasteiger partial charge in [-0.25, -0.2) is 0 Å². The lowest BCUT2D eigenvalue weighted by Crippen LogP contribution is -1.98. The second-order valence-electron chi connectivity index (χ2n) is 5.40. The number of carbonyl (C=O) groups excluding carboxylic acids is 1. The monoisotopic (exact) mass is 328 g/mol. The van der Waals surface area contributed by atoms with E-state index in [1.807, 2.05) is 43.3 Å². The van der Waals surface area contributed by atoms with Crippen LogP contribution >= 0.6 is 11.6 Å². The number of unbranched alkanes of at least 4 members (excludes halogenated alkanes) is 1. The molecule has 2 aromatic carbocycles. The Bertz CT molecular complexity index is 704. The number of hydrogen-bond donors (Lipinski definition) is 0. The van der Waals surface area contributed by atoms with E-state index in [-0.39, 0.29) is 5.78 Å². The molecule has 2 aromatic rings. The van der Waals surface area contributed by atoms with Gasteiger partial charge in [0.1, 0.15) is 5.75 Å². The van der Waals surface area contributed by atoms with E-state index in [0.29, 0.717) is 17.2 Å². The molecule has 0 atom stereocenters. The van der Waals surface area contributed by atoms with Crippen molar-refractivity contribution in [2.75, 3.05) is 6.61 Å². The summed E-state index contributed by atoms with van der Waals surface area (Å²) < 4.78 is 5.71. The number of rotatable bonds is 7. The molecule has 0 fully saturated rings. The van der Waals surface area contributed by atoms with Crippen LogP contribution in [0.25, 0.3) is 5.57 Å². The van der Waals surface area contributed by atoms with Crippen LogP contribution in [0.5, 0.6) is 5.75 Å². The van der Waals surface area contributed by atoms with Gasteiger partial charge in [-0.05, 0) is 54.8 Å². The number of benzene rings is 2. The van der Waals surface area contributed by atoms with Crippen LogP contribution in [-0.4, -0.2) is 12.4 Å². The van der Waals surface area contributed by atoms with Crippen molar-refractivity contribution < 1.29 is 9.53 Å². The first-order valence-corrected chi connectivity index (χ1v) is 8.20. The number of ketones is 1. The Kier molecular flexibility index (Phi) is 6.42. The average Bonchev–Trinajstić information content (AvgIpc) is 2.55. The van der Waals surface area contributed by atoms with Gasteiger partial charge in [-0.1, -0.05) is 49.2 Å². The normalized spacial score (nSPS) is 11.3. The van der Waals surface area contributed by atoms with E-state index in [4.69, 9.17) is 16.3 Å². The molecule has 0 saturated heterocycles. The zero-order valence-corrected chi connectivity index (χ0v) is 14.3. The van der Waals surface area contributed by atoms with Crippen molar-refractivity contribution in [2.24, 2.45) is 0 Å². The van der Waals surface area contributed by atoms with Crippen LogP contribution in [0.2, 0.25) is 5.02 Å². The Hall–Kier alpha value is -2.06. The standard InChI is InChI=1S/C20H21ClO2/c1-3-4-12-23-17-9-7-8-16(14-17)15(2)13-20(22)18-10-5-6-11-19(18)21/h5-11,13-14H,3-4,12H2,1-2H3/b15-13+. The maximum atomic E-state index is 12.4. The second kappa shape index (κ2) is 8.54. The molecule has 0 N–H and O–H groups in total. The van der Waals surface area contributed by atoms with Crippen LogP contribution in [0, 0.1) is 0 Å². The Balaban J connectivity index is 2.16. The van der Waals surface area contributed by atoms with Crippen molar-refractivity contribution in [3.8, 4) is 5.75 Å². The molecule has 0 aromatic heterocycles. The average molecular weight is 329 g/mol. The SMILES string of the molecule is CCCCOc1cccc(/C(C)=C/C(=O)c2ccccc2Cl)c1. The van der Waals surface area contributed by atoms with Crippen LogP contribution in [0.15, 0.2) is 54.6 Å². The van der Waals surface area contributed by atoms with Crippen molar-refractivity contribution >= 4 is 23.0 Å². The summed E-state index contributed by atoms with van der Waals surface area (Å²) in [6.07, 6.45) is 3.75. The highest BCUT2D eigenvalue weighted by Gasteiger charge is 2.08. The van der Waals surface area contributed by atoms with Crippen molar-refractivity contribution in [1.29, 1.82) is 0 Å². The van der Waals surface area contributed by atoms with Gasteiger partial charge in [0, 0.05) is 5.56 Å². The Labute approximate surface area is 142 Å². The topological polar surface area (TPSA) is 26.3 Å². The minimum absolute atomic E-state index is 0.0922. The highest BCUT2D eigenvalue weighted by molar-refractivity contribution is 6.34. The Morgan fingerprint density at radius 3 is 2.70 bits per heavy atom.